The van der Waals surface area contributed by atoms with E-state index in [1.165, 1.54) is 12.1 Å². The van der Waals surface area contributed by atoms with Crippen molar-refractivity contribution in [3.05, 3.63) is 93.8 Å². The predicted molar refractivity (Wildman–Crippen MR) is 141 cm³/mol. The van der Waals surface area contributed by atoms with E-state index in [-0.39, 0.29) is 17.2 Å². The zero-order chi connectivity index (χ0) is 29.6. The van der Waals surface area contributed by atoms with Gasteiger partial charge in [0, 0.05) is 31.3 Å². The van der Waals surface area contributed by atoms with Gasteiger partial charge >= 0.3 is 12.1 Å². The van der Waals surface area contributed by atoms with Gasteiger partial charge in [-0.2, -0.15) is 13.2 Å². The Morgan fingerprint density at radius 2 is 1.90 bits per heavy atom. The maximum atomic E-state index is 14.1. The zero-order valence-electron chi connectivity index (χ0n) is 22.3. The number of carbonyl (C=O) groups is 1. The monoisotopic (exact) mass is 587 g/mol. The summed E-state index contributed by atoms with van der Waals surface area (Å²) in [5.74, 6) is -2.48. The second-order valence-corrected chi connectivity index (χ2v) is 10.5. The van der Waals surface area contributed by atoms with E-state index in [0.29, 0.717) is 73.3 Å². The molecule has 0 bridgehead atoms. The highest BCUT2D eigenvalue weighted by atomic mass is 19.4. The Labute approximate surface area is 237 Å². The highest BCUT2D eigenvalue weighted by Crippen LogP contribution is 2.40. The van der Waals surface area contributed by atoms with Crippen molar-refractivity contribution >= 4 is 17.0 Å². The Morgan fingerprint density at radius 1 is 1.10 bits per heavy atom. The molecule has 0 saturated carbocycles. The third kappa shape index (κ3) is 5.68. The van der Waals surface area contributed by atoms with Crippen LogP contribution < -0.4 is 4.74 Å². The first kappa shape index (κ1) is 28.1. The highest BCUT2D eigenvalue weighted by molar-refractivity contribution is 5.92. The topological polar surface area (TPSA) is 76.8 Å². The molecule has 6 rings (SSSR count). The molecule has 0 spiro atoms. The van der Waals surface area contributed by atoms with E-state index in [4.69, 9.17) is 14.5 Å². The van der Waals surface area contributed by atoms with Gasteiger partial charge in [0.05, 0.1) is 41.4 Å². The van der Waals surface area contributed by atoms with Gasteiger partial charge in [-0.25, -0.2) is 18.6 Å². The summed E-state index contributed by atoms with van der Waals surface area (Å²) >= 11 is 0. The van der Waals surface area contributed by atoms with E-state index in [1.807, 2.05) is 4.57 Å². The number of imidazole rings is 1. The van der Waals surface area contributed by atoms with Crippen LogP contribution in [0.15, 0.2) is 48.5 Å². The van der Waals surface area contributed by atoms with Gasteiger partial charge in [0.15, 0.2) is 0 Å². The van der Waals surface area contributed by atoms with Crippen molar-refractivity contribution < 1.29 is 41.3 Å². The number of aromatic nitrogens is 2. The third-order valence-corrected chi connectivity index (χ3v) is 7.72. The van der Waals surface area contributed by atoms with Gasteiger partial charge in [-0.1, -0.05) is 0 Å². The number of carboxylic acid groups (broad SMARTS) is 1. The standard InChI is InChI=1S/C30H26F5N3O4/c31-21-3-1-19(24(32)12-21)16-42-27-11-20-13-37(7-5-17(20)9-23(27)30(33,34)35)15-28-36-25-4-2-18(29(39)40)10-26(25)38(28)14-22-6-8-41-22/h1-4,9-12,22H,5-8,13-16H2,(H,39,40)/t22-/m0/s1. The molecule has 2 aliphatic heterocycles. The van der Waals surface area contributed by atoms with Crippen LogP contribution in [0.5, 0.6) is 5.75 Å². The average Bonchev–Trinajstić information content (AvgIpc) is 3.24. The number of ether oxygens (including phenoxy) is 2. The number of benzene rings is 3. The van der Waals surface area contributed by atoms with Crippen LogP contribution in [0.25, 0.3) is 11.0 Å². The normalized spacial score (nSPS) is 17.2. The van der Waals surface area contributed by atoms with Crippen molar-refractivity contribution in [1.82, 2.24) is 14.5 Å². The van der Waals surface area contributed by atoms with Crippen molar-refractivity contribution in [2.75, 3.05) is 13.2 Å². The molecule has 1 atom stereocenters. The summed E-state index contributed by atoms with van der Waals surface area (Å²) in [5.41, 5.74) is 1.63. The molecular formula is C30H26F5N3O4. The molecule has 1 saturated heterocycles. The van der Waals surface area contributed by atoms with Crippen molar-refractivity contribution in [3.8, 4) is 5.75 Å². The zero-order valence-corrected chi connectivity index (χ0v) is 22.3. The molecular weight excluding hydrogens is 561 g/mol. The van der Waals surface area contributed by atoms with Crippen LogP contribution in [0.3, 0.4) is 0 Å². The van der Waals surface area contributed by atoms with Crippen LogP contribution in [0.1, 0.15) is 44.9 Å². The van der Waals surface area contributed by atoms with Crippen LogP contribution >= 0.6 is 0 Å². The predicted octanol–water partition coefficient (Wildman–Crippen LogP) is 5.96. The molecule has 2 aliphatic rings. The molecule has 4 aromatic rings. The Morgan fingerprint density at radius 3 is 2.60 bits per heavy atom. The molecule has 7 nitrogen and oxygen atoms in total. The Hall–Kier alpha value is -4.03. The summed E-state index contributed by atoms with van der Waals surface area (Å²) < 4.78 is 82.2. The largest absolute Gasteiger partial charge is 0.488 e. The molecule has 3 aromatic carbocycles. The molecule has 0 aliphatic carbocycles. The summed E-state index contributed by atoms with van der Waals surface area (Å²) in [7, 11) is 0. The molecule has 1 N–H and O–H groups in total. The molecule has 0 amide bonds. The third-order valence-electron chi connectivity index (χ3n) is 7.72. The Balaban J connectivity index is 1.27. The first-order valence-corrected chi connectivity index (χ1v) is 13.4. The van der Waals surface area contributed by atoms with E-state index in [2.05, 4.69) is 4.90 Å². The van der Waals surface area contributed by atoms with Gasteiger partial charge < -0.3 is 19.1 Å². The minimum atomic E-state index is -4.69. The van der Waals surface area contributed by atoms with Crippen LogP contribution in [-0.4, -0.2) is 44.8 Å². The average molecular weight is 588 g/mol. The van der Waals surface area contributed by atoms with E-state index in [1.54, 1.807) is 12.1 Å². The summed E-state index contributed by atoms with van der Waals surface area (Å²) in [6, 6.07) is 9.99. The minimum Gasteiger partial charge on any atom is -0.488 e. The molecule has 1 aromatic heterocycles. The van der Waals surface area contributed by atoms with Crippen molar-refractivity contribution in [2.45, 2.75) is 51.4 Å². The summed E-state index contributed by atoms with van der Waals surface area (Å²) in [5, 5.41) is 9.48. The second-order valence-electron chi connectivity index (χ2n) is 10.5. The van der Waals surface area contributed by atoms with Gasteiger partial charge in [-0.05, 0) is 66.4 Å². The fraction of sp³-hybridized carbons (Fsp3) is 0.333. The van der Waals surface area contributed by atoms with Gasteiger partial charge in [-0.3, -0.25) is 4.90 Å². The number of hydrogen-bond acceptors (Lipinski definition) is 5. The van der Waals surface area contributed by atoms with Crippen LogP contribution in [0.4, 0.5) is 22.0 Å². The van der Waals surface area contributed by atoms with E-state index in [9.17, 15) is 31.9 Å². The van der Waals surface area contributed by atoms with Crippen molar-refractivity contribution in [1.29, 1.82) is 0 Å². The van der Waals surface area contributed by atoms with Crippen LogP contribution in [0.2, 0.25) is 0 Å². The van der Waals surface area contributed by atoms with Gasteiger partial charge in [0.1, 0.15) is 29.8 Å². The molecule has 42 heavy (non-hydrogen) atoms. The second kappa shape index (κ2) is 11.0. The summed E-state index contributed by atoms with van der Waals surface area (Å²) in [4.78, 5) is 18.4. The first-order chi connectivity index (χ1) is 20.0. The van der Waals surface area contributed by atoms with E-state index >= 15 is 0 Å². The number of aromatic carboxylic acids is 1. The molecule has 220 valence electrons. The van der Waals surface area contributed by atoms with Gasteiger partial charge in [-0.15, -0.1) is 0 Å². The fourth-order valence-electron chi connectivity index (χ4n) is 5.38. The number of nitrogens with zero attached hydrogens (tertiary/aromatic N) is 3. The Kier molecular flexibility index (Phi) is 7.36. The van der Waals surface area contributed by atoms with Crippen LogP contribution in [-0.2, 0) is 43.6 Å². The fourth-order valence-corrected chi connectivity index (χ4v) is 5.38. The van der Waals surface area contributed by atoms with Crippen molar-refractivity contribution in [2.24, 2.45) is 0 Å². The molecule has 0 radical (unpaired) electrons. The minimum absolute atomic E-state index is 0.0110. The van der Waals surface area contributed by atoms with E-state index < -0.39 is 41.7 Å². The lowest BCUT2D eigenvalue weighted by atomic mass is 9.96. The van der Waals surface area contributed by atoms with E-state index in [0.717, 1.165) is 24.6 Å². The lowest BCUT2D eigenvalue weighted by molar-refractivity contribution is -0.139. The highest BCUT2D eigenvalue weighted by Gasteiger charge is 2.36. The number of hydrogen-bond donors (Lipinski definition) is 1. The lowest BCUT2D eigenvalue weighted by Gasteiger charge is -2.31. The summed E-state index contributed by atoms with van der Waals surface area (Å²) in [6.45, 7) is 1.85. The SMILES string of the molecule is O=C(O)c1ccc2nc(CN3CCc4cc(C(F)(F)F)c(OCc5ccc(F)cc5F)cc4C3)n(C[C@@H]3CCO3)c2c1. The summed E-state index contributed by atoms with van der Waals surface area (Å²) in [6.07, 6.45) is -3.46. The van der Waals surface area contributed by atoms with Crippen molar-refractivity contribution in [3.63, 3.8) is 0 Å². The first-order valence-electron chi connectivity index (χ1n) is 13.4. The number of fused-ring (bicyclic) bond motifs is 2. The maximum absolute atomic E-state index is 14.1. The molecule has 3 heterocycles. The molecule has 12 heteroatoms. The number of carboxylic acids is 1. The Bertz CT molecular complexity index is 1670. The number of rotatable bonds is 8. The molecule has 1 fully saturated rings. The van der Waals surface area contributed by atoms with Crippen LogP contribution in [0, 0.1) is 11.6 Å². The number of alkyl halides is 3. The quantitative estimate of drug-likeness (QED) is 0.257. The lowest BCUT2D eigenvalue weighted by Crippen LogP contribution is -2.34. The van der Waals surface area contributed by atoms with Gasteiger partial charge in [0.2, 0.25) is 0 Å². The molecule has 0 unspecified atom stereocenters. The smallest absolute Gasteiger partial charge is 0.419 e. The van der Waals surface area contributed by atoms with Gasteiger partial charge in [0.25, 0.3) is 0 Å². The number of halogens is 5. The maximum Gasteiger partial charge on any atom is 0.419 e.